The summed E-state index contributed by atoms with van der Waals surface area (Å²) in [5.41, 5.74) is 0.894. The third-order valence-electron chi connectivity index (χ3n) is 2.97. The van der Waals surface area contributed by atoms with Gasteiger partial charge >= 0.3 is 6.16 Å². The zero-order valence-corrected chi connectivity index (χ0v) is 10.8. The van der Waals surface area contributed by atoms with Crippen molar-refractivity contribution in [2.75, 3.05) is 6.61 Å². The number of rotatable bonds is 4. The highest BCUT2D eigenvalue weighted by atomic mass is 16.7. The van der Waals surface area contributed by atoms with E-state index in [0.29, 0.717) is 6.42 Å². The van der Waals surface area contributed by atoms with Gasteiger partial charge in [-0.25, -0.2) is 4.79 Å². The lowest BCUT2D eigenvalue weighted by molar-refractivity contribution is -0.0383. The van der Waals surface area contributed by atoms with Gasteiger partial charge in [0, 0.05) is 6.42 Å². The smallest absolute Gasteiger partial charge is 0.431 e. The quantitative estimate of drug-likeness (QED) is 0.843. The molecule has 104 valence electrons. The third kappa shape index (κ3) is 4.22. The third-order valence-corrected chi connectivity index (χ3v) is 2.97. The number of carbonyl (C=O) groups is 1. The second-order valence-corrected chi connectivity index (χ2v) is 4.62. The Morgan fingerprint density at radius 3 is 2.74 bits per heavy atom. The molecule has 0 amide bonds. The van der Waals surface area contributed by atoms with E-state index in [9.17, 15) is 9.90 Å². The van der Waals surface area contributed by atoms with Crippen LogP contribution in [0, 0.1) is 0 Å². The molecule has 1 N–H and O–H groups in total. The maximum Gasteiger partial charge on any atom is 0.508 e. The van der Waals surface area contributed by atoms with Crippen LogP contribution in [0.15, 0.2) is 30.3 Å². The van der Waals surface area contributed by atoms with E-state index in [2.05, 4.69) is 0 Å². The minimum Gasteiger partial charge on any atom is -0.431 e. The van der Waals surface area contributed by atoms with Crippen LogP contribution in [-0.4, -0.2) is 36.2 Å². The average Bonchev–Trinajstić information content (AvgIpc) is 2.73. The summed E-state index contributed by atoms with van der Waals surface area (Å²) in [6.45, 7) is 2.06. The molecule has 1 aromatic carbocycles. The van der Waals surface area contributed by atoms with Crippen molar-refractivity contribution < 1.29 is 24.1 Å². The molecule has 1 aliphatic rings. The molecule has 0 spiro atoms. The van der Waals surface area contributed by atoms with Crippen molar-refractivity contribution in [3.63, 3.8) is 0 Å². The predicted octanol–water partition coefficient (Wildman–Crippen LogP) is 1.88. The molecule has 0 bridgehead atoms. The van der Waals surface area contributed by atoms with Gasteiger partial charge < -0.3 is 19.3 Å². The first-order chi connectivity index (χ1) is 9.15. The molecule has 1 aliphatic heterocycles. The minimum atomic E-state index is -0.751. The first kappa shape index (κ1) is 13.8. The fourth-order valence-electron chi connectivity index (χ4n) is 2.00. The number of ether oxygens (including phenoxy) is 3. The van der Waals surface area contributed by atoms with Gasteiger partial charge in [-0.3, -0.25) is 0 Å². The second-order valence-electron chi connectivity index (χ2n) is 4.62. The van der Waals surface area contributed by atoms with Crippen LogP contribution in [0.2, 0.25) is 0 Å². The topological polar surface area (TPSA) is 65.0 Å². The van der Waals surface area contributed by atoms with Gasteiger partial charge in [-0.2, -0.15) is 0 Å². The van der Waals surface area contributed by atoms with Crippen molar-refractivity contribution in [2.45, 2.75) is 38.3 Å². The molecule has 5 nitrogen and oxygen atoms in total. The Hall–Kier alpha value is -1.59. The van der Waals surface area contributed by atoms with E-state index in [-0.39, 0.29) is 19.3 Å². The molecular formula is C14H18O5. The lowest BCUT2D eigenvalue weighted by atomic mass is 10.1. The second kappa shape index (κ2) is 6.54. The van der Waals surface area contributed by atoms with Gasteiger partial charge in [0.15, 0.2) is 0 Å². The van der Waals surface area contributed by atoms with Crippen LogP contribution >= 0.6 is 0 Å². The molecule has 3 atom stereocenters. The van der Waals surface area contributed by atoms with Crippen LogP contribution in [0.4, 0.5) is 4.79 Å². The van der Waals surface area contributed by atoms with Crippen LogP contribution < -0.4 is 0 Å². The monoisotopic (exact) mass is 266 g/mol. The molecule has 1 aromatic rings. The van der Waals surface area contributed by atoms with Crippen LogP contribution in [-0.2, 0) is 20.8 Å². The van der Waals surface area contributed by atoms with Gasteiger partial charge in [-0.1, -0.05) is 30.3 Å². The molecule has 1 heterocycles. The zero-order valence-electron chi connectivity index (χ0n) is 10.8. The number of carbonyl (C=O) groups excluding carboxylic acids is 1. The maximum atomic E-state index is 11.4. The molecule has 19 heavy (non-hydrogen) atoms. The molecule has 2 rings (SSSR count). The normalized spacial score (nSPS) is 26.1. The van der Waals surface area contributed by atoms with E-state index in [0.717, 1.165) is 5.56 Å². The molecule has 1 saturated heterocycles. The number of aliphatic hydroxyl groups excluding tert-OH is 1. The standard InChI is InChI=1S/C14H18O5/c1-10-7-12(15)13(19-10)9-18-14(16)17-8-11-5-3-2-4-6-11/h2-6,10,12-13,15H,7-9H2,1H3. The molecule has 1 fully saturated rings. The largest absolute Gasteiger partial charge is 0.508 e. The molecule has 0 aliphatic carbocycles. The number of benzene rings is 1. The fourth-order valence-corrected chi connectivity index (χ4v) is 2.00. The van der Waals surface area contributed by atoms with Gasteiger partial charge in [0.1, 0.15) is 19.3 Å². The van der Waals surface area contributed by atoms with E-state index in [1.165, 1.54) is 0 Å². The van der Waals surface area contributed by atoms with Crippen molar-refractivity contribution >= 4 is 6.16 Å². The highest BCUT2D eigenvalue weighted by Gasteiger charge is 2.32. The number of aliphatic hydroxyl groups is 1. The molecule has 0 saturated carbocycles. The van der Waals surface area contributed by atoms with E-state index < -0.39 is 18.4 Å². The Kier molecular flexibility index (Phi) is 4.76. The van der Waals surface area contributed by atoms with Crippen LogP contribution in [0.5, 0.6) is 0 Å². The molecule has 0 radical (unpaired) electrons. The summed E-state index contributed by atoms with van der Waals surface area (Å²) in [5, 5.41) is 9.62. The summed E-state index contributed by atoms with van der Waals surface area (Å²) < 4.78 is 15.3. The van der Waals surface area contributed by atoms with Crippen molar-refractivity contribution in [1.82, 2.24) is 0 Å². The lowest BCUT2D eigenvalue weighted by Gasteiger charge is -2.14. The zero-order chi connectivity index (χ0) is 13.7. The van der Waals surface area contributed by atoms with Crippen molar-refractivity contribution in [2.24, 2.45) is 0 Å². The summed E-state index contributed by atoms with van der Waals surface area (Å²) in [7, 11) is 0. The maximum absolute atomic E-state index is 11.4. The Balaban J connectivity index is 1.68. The van der Waals surface area contributed by atoms with Crippen molar-refractivity contribution in [1.29, 1.82) is 0 Å². The van der Waals surface area contributed by atoms with Crippen LogP contribution in [0.25, 0.3) is 0 Å². The van der Waals surface area contributed by atoms with E-state index in [1.807, 2.05) is 37.3 Å². The van der Waals surface area contributed by atoms with Crippen LogP contribution in [0.3, 0.4) is 0 Å². The van der Waals surface area contributed by atoms with E-state index >= 15 is 0 Å². The summed E-state index contributed by atoms with van der Waals surface area (Å²) >= 11 is 0. The first-order valence-corrected chi connectivity index (χ1v) is 6.32. The average molecular weight is 266 g/mol. The predicted molar refractivity (Wildman–Crippen MR) is 67.5 cm³/mol. The first-order valence-electron chi connectivity index (χ1n) is 6.32. The molecule has 0 aromatic heterocycles. The Morgan fingerprint density at radius 1 is 1.37 bits per heavy atom. The summed E-state index contributed by atoms with van der Waals surface area (Å²) in [6.07, 6.45) is -1.24. The molecule has 3 unspecified atom stereocenters. The highest BCUT2D eigenvalue weighted by Crippen LogP contribution is 2.20. The van der Waals surface area contributed by atoms with Gasteiger partial charge in [0.05, 0.1) is 12.2 Å². The fraction of sp³-hybridized carbons (Fsp3) is 0.500. The minimum absolute atomic E-state index is 0.0102. The highest BCUT2D eigenvalue weighted by molar-refractivity contribution is 5.59. The Bertz CT molecular complexity index is 406. The van der Waals surface area contributed by atoms with Crippen molar-refractivity contribution in [3.8, 4) is 0 Å². The van der Waals surface area contributed by atoms with E-state index in [1.54, 1.807) is 0 Å². The Morgan fingerprint density at radius 2 is 2.11 bits per heavy atom. The summed E-state index contributed by atoms with van der Waals surface area (Å²) in [4.78, 5) is 11.4. The number of hydrogen-bond acceptors (Lipinski definition) is 5. The summed E-state index contributed by atoms with van der Waals surface area (Å²) in [6, 6.07) is 9.35. The van der Waals surface area contributed by atoms with E-state index in [4.69, 9.17) is 14.2 Å². The van der Waals surface area contributed by atoms with Crippen LogP contribution in [0.1, 0.15) is 18.9 Å². The number of hydrogen-bond donors (Lipinski definition) is 1. The molecule has 5 heteroatoms. The lowest BCUT2D eigenvalue weighted by Crippen LogP contribution is -2.28. The van der Waals surface area contributed by atoms with Gasteiger partial charge in [-0.15, -0.1) is 0 Å². The van der Waals surface area contributed by atoms with Gasteiger partial charge in [-0.05, 0) is 12.5 Å². The SMILES string of the molecule is CC1CC(O)C(COC(=O)OCc2ccccc2)O1. The Labute approximate surface area is 112 Å². The summed E-state index contributed by atoms with van der Waals surface area (Å²) in [5.74, 6) is 0. The van der Waals surface area contributed by atoms with Gasteiger partial charge in [0.2, 0.25) is 0 Å². The van der Waals surface area contributed by atoms with Gasteiger partial charge in [0.25, 0.3) is 0 Å². The molecular weight excluding hydrogens is 248 g/mol. The van der Waals surface area contributed by atoms with Crippen molar-refractivity contribution in [3.05, 3.63) is 35.9 Å².